The molecule has 3 aliphatic heterocycles. The molecule has 0 aromatic carbocycles. The molecule has 3 heterocycles. The summed E-state index contributed by atoms with van der Waals surface area (Å²) in [6.45, 7) is 3.26. The van der Waals surface area contributed by atoms with E-state index in [-0.39, 0.29) is 12.5 Å². The number of hydrogen-bond donors (Lipinski definition) is 2. The van der Waals surface area contributed by atoms with Crippen LogP contribution in [-0.4, -0.2) is 47.3 Å². The standard InChI is InChI=1S/C13H18N2O4/c1-12(18)8-13(2-4-14-5-3-13)11(17)15(12)9-6-10(16)19-7-9/h6,14,18H,2-5,7-8H2,1H3. The first kappa shape index (κ1) is 12.6. The molecule has 1 atom stereocenters. The number of likely N-dealkylation sites (tertiary alicyclic amines) is 1. The van der Waals surface area contributed by atoms with Gasteiger partial charge in [0.05, 0.1) is 11.1 Å². The molecule has 2 N–H and O–H groups in total. The minimum absolute atomic E-state index is 0.0645. The molecule has 1 unspecified atom stereocenters. The van der Waals surface area contributed by atoms with Crippen LogP contribution in [0.1, 0.15) is 26.2 Å². The largest absolute Gasteiger partial charge is 0.456 e. The molecule has 0 radical (unpaired) electrons. The number of nitrogens with zero attached hydrogens (tertiary/aromatic N) is 1. The van der Waals surface area contributed by atoms with Gasteiger partial charge in [-0.15, -0.1) is 0 Å². The molecule has 2 saturated heterocycles. The van der Waals surface area contributed by atoms with E-state index in [4.69, 9.17) is 4.74 Å². The zero-order valence-electron chi connectivity index (χ0n) is 10.9. The van der Waals surface area contributed by atoms with Crippen molar-refractivity contribution >= 4 is 11.9 Å². The van der Waals surface area contributed by atoms with Gasteiger partial charge in [-0.05, 0) is 32.9 Å². The van der Waals surface area contributed by atoms with E-state index in [2.05, 4.69) is 5.32 Å². The minimum Gasteiger partial charge on any atom is -0.456 e. The third-order valence-corrected chi connectivity index (χ3v) is 4.31. The van der Waals surface area contributed by atoms with Gasteiger partial charge in [0.25, 0.3) is 0 Å². The van der Waals surface area contributed by atoms with E-state index in [0.29, 0.717) is 12.1 Å². The normalized spacial score (nSPS) is 33.8. The second-order valence-corrected chi connectivity index (χ2v) is 5.81. The number of esters is 1. The Labute approximate surface area is 111 Å². The summed E-state index contributed by atoms with van der Waals surface area (Å²) in [4.78, 5) is 25.3. The van der Waals surface area contributed by atoms with E-state index in [0.717, 1.165) is 25.9 Å². The molecule has 6 nitrogen and oxygen atoms in total. The number of aliphatic hydroxyl groups is 1. The molecule has 0 saturated carbocycles. The molecule has 1 spiro atoms. The summed E-state index contributed by atoms with van der Waals surface area (Å²) in [5.41, 5.74) is -1.27. The van der Waals surface area contributed by atoms with Gasteiger partial charge in [-0.2, -0.15) is 0 Å². The van der Waals surface area contributed by atoms with Gasteiger partial charge >= 0.3 is 5.97 Å². The Kier molecular flexibility index (Phi) is 2.69. The van der Waals surface area contributed by atoms with E-state index in [1.807, 2.05) is 0 Å². The Morgan fingerprint density at radius 3 is 2.63 bits per heavy atom. The second-order valence-electron chi connectivity index (χ2n) is 5.81. The molecule has 6 heteroatoms. The molecular weight excluding hydrogens is 248 g/mol. The number of carbonyl (C=O) groups excluding carboxylic acids is 2. The maximum Gasteiger partial charge on any atom is 0.333 e. The Hall–Kier alpha value is -1.40. The lowest BCUT2D eigenvalue weighted by Gasteiger charge is -2.31. The number of piperidine rings is 1. The second kappa shape index (κ2) is 4.05. The van der Waals surface area contributed by atoms with Crippen molar-refractivity contribution in [2.45, 2.75) is 31.9 Å². The highest BCUT2D eigenvalue weighted by atomic mass is 16.5. The number of carbonyl (C=O) groups is 2. The number of nitrogens with one attached hydrogen (secondary N) is 1. The summed E-state index contributed by atoms with van der Waals surface area (Å²) < 4.78 is 4.85. The lowest BCUT2D eigenvalue weighted by molar-refractivity contribution is -0.144. The van der Waals surface area contributed by atoms with Crippen molar-refractivity contribution in [1.29, 1.82) is 0 Å². The number of rotatable bonds is 1. The Morgan fingerprint density at radius 2 is 2.05 bits per heavy atom. The number of cyclic esters (lactones) is 1. The SMILES string of the molecule is CC1(O)CC2(CCNCC2)C(=O)N1C1=CC(=O)OC1. The van der Waals surface area contributed by atoms with E-state index in [9.17, 15) is 14.7 Å². The maximum atomic E-state index is 12.7. The van der Waals surface area contributed by atoms with Gasteiger partial charge in [0.2, 0.25) is 5.91 Å². The van der Waals surface area contributed by atoms with Gasteiger partial charge in [0.1, 0.15) is 12.3 Å². The summed E-state index contributed by atoms with van der Waals surface area (Å²) in [6, 6.07) is 0. The van der Waals surface area contributed by atoms with Crippen molar-refractivity contribution in [3.8, 4) is 0 Å². The predicted octanol–water partition coefficient (Wildman–Crippen LogP) is -0.262. The quantitative estimate of drug-likeness (QED) is 0.639. The van der Waals surface area contributed by atoms with E-state index < -0.39 is 17.1 Å². The van der Waals surface area contributed by atoms with Crippen LogP contribution >= 0.6 is 0 Å². The lowest BCUT2D eigenvalue weighted by Crippen LogP contribution is -2.44. The van der Waals surface area contributed by atoms with Gasteiger partial charge in [0, 0.05) is 12.5 Å². The van der Waals surface area contributed by atoms with Crippen LogP contribution in [0.4, 0.5) is 0 Å². The fraction of sp³-hybridized carbons (Fsp3) is 0.692. The summed E-state index contributed by atoms with van der Waals surface area (Å²) in [7, 11) is 0. The molecule has 1 amide bonds. The molecule has 104 valence electrons. The first-order valence-corrected chi connectivity index (χ1v) is 6.60. The molecule has 3 rings (SSSR count). The van der Waals surface area contributed by atoms with Gasteiger partial charge in [0.15, 0.2) is 0 Å². The first-order valence-electron chi connectivity index (χ1n) is 6.60. The van der Waals surface area contributed by atoms with Gasteiger partial charge in [-0.1, -0.05) is 0 Å². The molecule has 0 bridgehead atoms. The van der Waals surface area contributed by atoms with Crippen LogP contribution in [0, 0.1) is 5.41 Å². The summed E-state index contributed by atoms with van der Waals surface area (Å²) in [5.74, 6) is -0.534. The lowest BCUT2D eigenvalue weighted by atomic mass is 9.76. The Balaban J connectivity index is 1.94. The van der Waals surface area contributed by atoms with E-state index >= 15 is 0 Å². The highest BCUT2D eigenvalue weighted by Gasteiger charge is 2.58. The van der Waals surface area contributed by atoms with Crippen LogP contribution in [0.3, 0.4) is 0 Å². The predicted molar refractivity (Wildman–Crippen MR) is 65.7 cm³/mol. The molecule has 19 heavy (non-hydrogen) atoms. The van der Waals surface area contributed by atoms with Crippen LogP contribution < -0.4 is 5.32 Å². The van der Waals surface area contributed by atoms with Crippen LogP contribution in [0.25, 0.3) is 0 Å². The van der Waals surface area contributed by atoms with E-state index in [1.54, 1.807) is 6.92 Å². The fourth-order valence-electron chi connectivity index (χ4n) is 3.48. The highest BCUT2D eigenvalue weighted by Crippen LogP contribution is 2.48. The monoisotopic (exact) mass is 266 g/mol. The van der Waals surface area contributed by atoms with Gasteiger partial charge in [-0.3, -0.25) is 9.69 Å². The van der Waals surface area contributed by atoms with E-state index in [1.165, 1.54) is 11.0 Å². The van der Waals surface area contributed by atoms with Crippen molar-refractivity contribution in [3.63, 3.8) is 0 Å². The number of ether oxygens (including phenoxy) is 1. The summed E-state index contributed by atoms with van der Waals surface area (Å²) >= 11 is 0. The Bertz CT molecular complexity index is 463. The molecule has 3 aliphatic rings. The van der Waals surface area contributed by atoms with Crippen molar-refractivity contribution in [3.05, 3.63) is 11.8 Å². The molecule has 0 aromatic rings. The minimum atomic E-state index is -1.24. The smallest absolute Gasteiger partial charge is 0.333 e. The summed E-state index contributed by atoms with van der Waals surface area (Å²) in [6.07, 6.45) is 3.15. The average molecular weight is 266 g/mol. The zero-order valence-corrected chi connectivity index (χ0v) is 10.9. The number of amides is 1. The third-order valence-electron chi connectivity index (χ3n) is 4.31. The fourth-order valence-corrected chi connectivity index (χ4v) is 3.48. The molecule has 2 fully saturated rings. The zero-order chi connectivity index (χ0) is 13.7. The van der Waals surface area contributed by atoms with Crippen LogP contribution in [-0.2, 0) is 14.3 Å². The van der Waals surface area contributed by atoms with Gasteiger partial charge < -0.3 is 15.2 Å². The highest BCUT2D eigenvalue weighted by molar-refractivity contribution is 5.91. The summed E-state index contributed by atoms with van der Waals surface area (Å²) in [5, 5.41) is 13.8. The third kappa shape index (κ3) is 1.86. The first-order chi connectivity index (χ1) is 8.95. The average Bonchev–Trinajstić information content (AvgIpc) is 2.82. The maximum absolute atomic E-state index is 12.7. The van der Waals surface area contributed by atoms with Crippen molar-refractivity contribution < 1.29 is 19.4 Å². The van der Waals surface area contributed by atoms with Gasteiger partial charge in [-0.25, -0.2) is 4.79 Å². The van der Waals surface area contributed by atoms with Crippen molar-refractivity contribution in [2.24, 2.45) is 5.41 Å². The molecule has 0 aliphatic carbocycles. The van der Waals surface area contributed by atoms with Crippen LogP contribution in [0.15, 0.2) is 11.8 Å². The number of hydrogen-bond acceptors (Lipinski definition) is 5. The Morgan fingerprint density at radius 1 is 1.37 bits per heavy atom. The van der Waals surface area contributed by atoms with Crippen molar-refractivity contribution in [2.75, 3.05) is 19.7 Å². The molecule has 0 aromatic heterocycles. The van der Waals surface area contributed by atoms with Crippen molar-refractivity contribution in [1.82, 2.24) is 10.2 Å². The molecular formula is C13H18N2O4. The van der Waals surface area contributed by atoms with Crippen LogP contribution in [0.5, 0.6) is 0 Å². The topological polar surface area (TPSA) is 78.9 Å². The van der Waals surface area contributed by atoms with Crippen LogP contribution in [0.2, 0.25) is 0 Å².